The largest absolute Gasteiger partial charge is 0.573 e. The maximum absolute atomic E-state index is 12.0. The lowest BCUT2D eigenvalue weighted by molar-refractivity contribution is -0.275. The average molecular weight is 230 g/mol. The van der Waals surface area contributed by atoms with E-state index in [4.69, 9.17) is 11.0 Å². The van der Waals surface area contributed by atoms with E-state index in [2.05, 4.69) is 4.74 Å². The van der Waals surface area contributed by atoms with Crippen LogP contribution in [0.2, 0.25) is 0 Å². The van der Waals surface area contributed by atoms with E-state index in [1.165, 1.54) is 24.3 Å². The van der Waals surface area contributed by atoms with Gasteiger partial charge in [0.1, 0.15) is 5.75 Å². The molecule has 1 rings (SSSR count). The summed E-state index contributed by atoms with van der Waals surface area (Å²) in [6.45, 7) is 0. The van der Waals surface area contributed by atoms with Crippen molar-refractivity contribution in [1.29, 1.82) is 5.26 Å². The number of ether oxygens (including phenoxy) is 1. The zero-order valence-corrected chi connectivity index (χ0v) is 8.16. The summed E-state index contributed by atoms with van der Waals surface area (Å²) in [6, 6.07) is 6.52. The summed E-state index contributed by atoms with van der Waals surface area (Å²) in [7, 11) is 0. The van der Waals surface area contributed by atoms with Crippen LogP contribution in [0.3, 0.4) is 0 Å². The van der Waals surface area contributed by atoms with Gasteiger partial charge >= 0.3 is 6.36 Å². The Labute approximate surface area is 90.2 Å². The molecule has 0 heterocycles. The van der Waals surface area contributed by atoms with E-state index < -0.39 is 12.4 Å². The summed E-state index contributed by atoms with van der Waals surface area (Å²) in [6.07, 6.45) is -4.83. The van der Waals surface area contributed by atoms with Crippen molar-refractivity contribution in [2.45, 2.75) is 18.8 Å². The first-order valence-electron chi connectivity index (χ1n) is 4.41. The zero-order chi connectivity index (χ0) is 12.2. The van der Waals surface area contributed by atoms with Crippen LogP contribution in [-0.4, -0.2) is 6.36 Å². The monoisotopic (exact) mass is 230 g/mol. The lowest BCUT2D eigenvalue weighted by atomic mass is 10.0. The van der Waals surface area contributed by atoms with E-state index in [9.17, 15) is 13.2 Å². The molecule has 1 aromatic rings. The first-order chi connectivity index (χ1) is 7.44. The molecule has 0 bridgehead atoms. The Morgan fingerprint density at radius 1 is 1.38 bits per heavy atom. The van der Waals surface area contributed by atoms with Crippen LogP contribution in [-0.2, 0) is 0 Å². The first kappa shape index (κ1) is 12.3. The minimum absolute atomic E-state index is 0.0712. The van der Waals surface area contributed by atoms with Gasteiger partial charge in [0.05, 0.1) is 12.5 Å². The number of hydrogen-bond donors (Lipinski definition) is 1. The molecular weight excluding hydrogens is 221 g/mol. The fourth-order valence-electron chi connectivity index (χ4n) is 1.21. The zero-order valence-electron chi connectivity index (χ0n) is 8.16. The van der Waals surface area contributed by atoms with Crippen LogP contribution in [0, 0.1) is 11.3 Å². The van der Waals surface area contributed by atoms with Gasteiger partial charge in [-0.1, -0.05) is 18.2 Å². The molecule has 0 spiro atoms. The molecule has 2 N–H and O–H groups in total. The molecule has 0 aliphatic heterocycles. The van der Waals surface area contributed by atoms with Crippen LogP contribution in [0.5, 0.6) is 5.75 Å². The molecule has 0 aromatic heterocycles. The summed E-state index contributed by atoms with van der Waals surface area (Å²) >= 11 is 0. The lowest BCUT2D eigenvalue weighted by Gasteiger charge is -2.15. The number of halogens is 3. The molecule has 0 aliphatic carbocycles. The molecular formula is C10H9F3N2O. The Morgan fingerprint density at radius 3 is 2.56 bits per heavy atom. The summed E-state index contributed by atoms with van der Waals surface area (Å²) < 4.78 is 39.9. The second kappa shape index (κ2) is 4.86. The van der Waals surface area contributed by atoms with Gasteiger partial charge in [0.15, 0.2) is 0 Å². The third kappa shape index (κ3) is 3.44. The first-order valence-corrected chi connectivity index (χ1v) is 4.41. The maximum Gasteiger partial charge on any atom is 0.573 e. The molecule has 0 radical (unpaired) electrons. The fourth-order valence-corrected chi connectivity index (χ4v) is 1.21. The van der Waals surface area contributed by atoms with Crippen LogP contribution >= 0.6 is 0 Å². The normalized spacial score (nSPS) is 12.9. The molecule has 0 aliphatic rings. The van der Waals surface area contributed by atoms with Crippen molar-refractivity contribution in [3.05, 3.63) is 29.8 Å². The number of alkyl halides is 3. The molecule has 1 atom stereocenters. The number of nitrogens with zero attached hydrogens (tertiary/aromatic N) is 1. The minimum atomic E-state index is -4.76. The number of para-hydroxylation sites is 1. The number of rotatable bonds is 3. The molecule has 1 aromatic carbocycles. The Morgan fingerprint density at radius 2 is 2.00 bits per heavy atom. The van der Waals surface area contributed by atoms with Gasteiger partial charge < -0.3 is 10.5 Å². The summed E-state index contributed by atoms with van der Waals surface area (Å²) in [5, 5.41) is 8.43. The van der Waals surface area contributed by atoms with Crippen LogP contribution in [0.15, 0.2) is 24.3 Å². The van der Waals surface area contributed by atoms with E-state index in [0.29, 0.717) is 0 Å². The number of benzene rings is 1. The topological polar surface area (TPSA) is 59.0 Å². The number of nitriles is 1. The van der Waals surface area contributed by atoms with Gasteiger partial charge in [0.2, 0.25) is 0 Å². The van der Waals surface area contributed by atoms with Crippen LogP contribution < -0.4 is 10.5 Å². The van der Waals surface area contributed by atoms with Crippen LogP contribution in [0.4, 0.5) is 13.2 Å². The van der Waals surface area contributed by atoms with Crippen molar-refractivity contribution in [3.63, 3.8) is 0 Å². The van der Waals surface area contributed by atoms with E-state index in [-0.39, 0.29) is 17.7 Å². The Balaban J connectivity index is 2.97. The Bertz CT molecular complexity index is 398. The lowest BCUT2D eigenvalue weighted by Crippen LogP contribution is -2.20. The standard InChI is InChI=1S/C10H9F3N2O/c11-10(12,13)16-9-4-2-1-3-7(9)8(15)5-6-14/h1-4,8H,5,15H2/t8-/m0/s1. The summed E-state index contributed by atoms with van der Waals surface area (Å²) in [5.41, 5.74) is 5.72. The predicted molar refractivity (Wildman–Crippen MR) is 50.3 cm³/mol. The third-order valence-corrected chi connectivity index (χ3v) is 1.86. The van der Waals surface area contributed by atoms with E-state index in [1.54, 1.807) is 6.07 Å². The molecule has 3 nitrogen and oxygen atoms in total. The smallest absolute Gasteiger partial charge is 0.405 e. The summed E-state index contributed by atoms with van der Waals surface area (Å²) in [4.78, 5) is 0. The molecule has 0 saturated carbocycles. The molecule has 6 heteroatoms. The van der Waals surface area contributed by atoms with Crippen molar-refractivity contribution >= 4 is 0 Å². The van der Waals surface area contributed by atoms with Gasteiger partial charge in [-0.2, -0.15) is 5.26 Å². The molecule has 86 valence electrons. The van der Waals surface area contributed by atoms with Crippen LogP contribution in [0.25, 0.3) is 0 Å². The minimum Gasteiger partial charge on any atom is -0.405 e. The van der Waals surface area contributed by atoms with Crippen molar-refractivity contribution in [3.8, 4) is 11.8 Å². The SMILES string of the molecule is N#CC[C@H](N)c1ccccc1OC(F)(F)F. The van der Waals surface area contributed by atoms with Crippen molar-refractivity contribution in [2.75, 3.05) is 0 Å². The van der Waals surface area contributed by atoms with Gasteiger partial charge in [-0.15, -0.1) is 13.2 Å². The van der Waals surface area contributed by atoms with Crippen molar-refractivity contribution in [1.82, 2.24) is 0 Å². The second-order valence-corrected chi connectivity index (χ2v) is 3.05. The van der Waals surface area contributed by atoms with E-state index >= 15 is 0 Å². The van der Waals surface area contributed by atoms with E-state index in [0.717, 1.165) is 0 Å². The summed E-state index contributed by atoms with van der Waals surface area (Å²) in [5.74, 6) is -0.363. The van der Waals surface area contributed by atoms with Crippen molar-refractivity contribution < 1.29 is 17.9 Å². The highest BCUT2D eigenvalue weighted by molar-refractivity contribution is 5.36. The fraction of sp³-hybridized carbons (Fsp3) is 0.300. The molecule has 0 saturated heterocycles. The maximum atomic E-state index is 12.0. The number of nitrogens with two attached hydrogens (primary N) is 1. The highest BCUT2D eigenvalue weighted by atomic mass is 19.4. The van der Waals surface area contributed by atoms with Gasteiger partial charge in [-0.3, -0.25) is 0 Å². The molecule has 0 amide bonds. The van der Waals surface area contributed by atoms with E-state index in [1.807, 2.05) is 0 Å². The van der Waals surface area contributed by atoms with Gasteiger partial charge in [-0.25, -0.2) is 0 Å². The molecule has 0 unspecified atom stereocenters. The Hall–Kier alpha value is -1.74. The molecule has 16 heavy (non-hydrogen) atoms. The highest BCUT2D eigenvalue weighted by Gasteiger charge is 2.32. The number of hydrogen-bond acceptors (Lipinski definition) is 3. The molecule has 0 fully saturated rings. The van der Waals surface area contributed by atoms with Crippen LogP contribution in [0.1, 0.15) is 18.0 Å². The quantitative estimate of drug-likeness (QED) is 0.867. The highest BCUT2D eigenvalue weighted by Crippen LogP contribution is 2.30. The van der Waals surface area contributed by atoms with Crippen molar-refractivity contribution in [2.24, 2.45) is 5.73 Å². The second-order valence-electron chi connectivity index (χ2n) is 3.05. The van der Waals surface area contributed by atoms with Gasteiger partial charge in [0, 0.05) is 11.6 Å². The average Bonchev–Trinajstić information content (AvgIpc) is 2.16. The van der Waals surface area contributed by atoms with Gasteiger partial charge in [-0.05, 0) is 6.07 Å². The Kier molecular flexibility index (Phi) is 3.74. The predicted octanol–water partition coefficient (Wildman–Crippen LogP) is 2.50. The third-order valence-electron chi connectivity index (χ3n) is 1.86. The van der Waals surface area contributed by atoms with Gasteiger partial charge in [0.25, 0.3) is 0 Å².